The fourth-order valence-electron chi connectivity index (χ4n) is 2.63. The van der Waals surface area contributed by atoms with Gasteiger partial charge in [0.1, 0.15) is 4.88 Å². The molecule has 1 aromatic heterocycles. The van der Waals surface area contributed by atoms with E-state index in [1.807, 2.05) is 16.3 Å². The molecule has 3 nitrogen and oxygen atoms in total. The smallest absolute Gasteiger partial charge is 0.265 e. The quantitative estimate of drug-likeness (QED) is 0.851. The van der Waals surface area contributed by atoms with E-state index in [9.17, 15) is 4.79 Å². The third-order valence-electron chi connectivity index (χ3n) is 3.95. The molecule has 0 saturated carbocycles. The topological polar surface area (TPSA) is 46.3 Å². The van der Waals surface area contributed by atoms with Crippen LogP contribution in [0.15, 0.2) is 11.4 Å². The second-order valence-corrected chi connectivity index (χ2v) is 6.46. The molecule has 0 aromatic carbocycles. The number of hydrogen-bond acceptors (Lipinski definition) is 3. The third kappa shape index (κ3) is 3.41. The van der Waals surface area contributed by atoms with Crippen molar-refractivity contribution in [2.24, 2.45) is 17.6 Å². The number of carbonyl (C=O) groups is 1. The van der Waals surface area contributed by atoms with E-state index < -0.39 is 0 Å². The van der Waals surface area contributed by atoms with Gasteiger partial charge in [-0.25, -0.2) is 0 Å². The van der Waals surface area contributed by atoms with E-state index in [1.54, 1.807) is 0 Å². The molecule has 20 heavy (non-hydrogen) atoms. The van der Waals surface area contributed by atoms with Crippen molar-refractivity contribution in [1.29, 1.82) is 0 Å². The maximum Gasteiger partial charge on any atom is 0.265 e. The summed E-state index contributed by atoms with van der Waals surface area (Å²) in [7, 11) is 0. The highest BCUT2D eigenvalue weighted by atomic mass is 32.1. The van der Waals surface area contributed by atoms with Gasteiger partial charge in [-0.15, -0.1) is 11.3 Å². The Kier molecular flexibility index (Phi) is 5.22. The van der Waals surface area contributed by atoms with E-state index in [0.29, 0.717) is 12.5 Å². The van der Waals surface area contributed by atoms with Crippen LogP contribution >= 0.6 is 11.3 Å². The first-order valence-electron chi connectivity index (χ1n) is 7.19. The van der Waals surface area contributed by atoms with Crippen molar-refractivity contribution in [2.75, 3.05) is 19.6 Å². The molecule has 4 heteroatoms. The summed E-state index contributed by atoms with van der Waals surface area (Å²) >= 11 is 1.47. The number of rotatable bonds is 2. The molecule has 0 unspecified atom stereocenters. The summed E-state index contributed by atoms with van der Waals surface area (Å²) in [5.41, 5.74) is 6.21. The van der Waals surface area contributed by atoms with Gasteiger partial charge in [0, 0.05) is 18.7 Å². The van der Waals surface area contributed by atoms with E-state index in [-0.39, 0.29) is 5.91 Å². The maximum atomic E-state index is 12.6. The minimum atomic E-state index is 0.128. The second kappa shape index (κ2) is 6.92. The Hall–Kier alpha value is -1.31. The van der Waals surface area contributed by atoms with Crippen molar-refractivity contribution in [1.82, 2.24) is 4.90 Å². The summed E-state index contributed by atoms with van der Waals surface area (Å²) in [5.74, 6) is 7.40. The van der Waals surface area contributed by atoms with Gasteiger partial charge in [-0.1, -0.05) is 25.7 Å². The van der Waals surface area contributed by atoms with Gasteiger partial charge in [-0.3, -0.25) is 4.79 Å². The molecule has 1 fully saturated rings. The fourth-order valence-corrected chi connectivity index (χ4v) is 3.45. The molecular weight excluding hydrogens is 268 g/mol. The largest absolute Gasteiger partial charge is 0.338 e. The predicted octanol–water partition coefficient (Wildman–Crippen LogP) is 2.57. The number of nitrogens with zero attached hydrogens (tertiary/aromatic N) is 1. The maximum absolute atomic E-state index is 12.6. The number of carbonyl (C=O) groups excluding carboxylic acids is 1. The number of amides is 1. The molecule has 1 amide bonds. The van der Waals surface area contributed by atoms with Crippen molar-refractivity contribution in [3.8, 4) is 11.8 Å². The molecule has 0 bridgehead atoms. The molecule has 0 radical (unpaired) electrons. The molecule has 1 aliphatic heterocycles. The summed E-state index contributed by atoms with van der Waals surface area (Å²) in [6.07, 6.45) is 2.22. The second-order valence-electron chi connectivity index (χ2n) is 5.54. The SMILES string of the molecule is CC(C)C1CCN(C(=O)c2sccc2C#CCN)CC1. The number of thiophene rings is 1. The Labute approximate surface area is 125 Å². The normalized spacial score (nSPS) is 16.1. The summed E-state index contributed by atoms with van der Waals surface area (Å²) in [6.45, 7) is 6.58. The number of likely N-dealkylation sites (tertiary alicyclic amines) is 1. The Bertz CT molecular complexity index is 516. The van der Waals surface area contributed by atoms with E-state index in [2.05, 4.69) is 25.7 Å². The highest BCUT2D eigenvalue weighted by molar-refractivity contribution is 7.12. The standard InChI is InChI=1S/C16H22N2OS/c1-12(2)13-5-9-18(10-6-13)16(19)15-14(4-3-8-17)7-11-20-15/h7,11-13H,5-6,8-10,17H2,1-2H3. The molecule has 2 N–H and O–H groups in total. The summed E-state index contributed by atoms with van der Waals surface area (Å²) in [6, 6.07) is 1.90. The van der Waals surface area contributed by atoms with Crippen LogP contribution in [0.2, 0.25) is 0 Å². The molecule has 0 atom stereocenters. The molecule has 1 aliphatic rings. The molecule has 108 valence electrons. The van der Waals surface area contributed by atoms with Gasteiger partial charge in [0.15, 0.2) is 0 Å². The lowest BCUT2D eigenvalue weighted by Crippen LogP contribution is -2.39. The monoisotopic (exact) mass is 290 g/mol. The summed E-state index contributed by atoms with van der Waals surface area (Å²) in [5, 5.41) is 1.93. The molecule has 0 spiro atoms. The lowest BCUT2D eigenvalue weighted by Gasteiger charge is -2.33. The molecule has 2 heterocycles. The first kappa shape index (κ1) is 15.1. The van der Waals surface area contributed by atoms with Gasteiger partial charge in [-0.2, -0.15) is 0 Å². The van der Waals surface area contributed by atoms with Crippen LogP contribution in [0.25, 0.3) is 0 Å². The summed E-state index contributed by atoms with van der Waals surface area (Å²) in [4.78, 5) is 15.3. The van der Waals surface area contributed by atoms with Crippen molar-refractivity contribution >= 4 is 17.2 Å². The van der Waals surface area contributed by atoms with Crippen LogP contribution in [0.4, 0.5) is 0 Å². The molecule has 0 aliphatic carbocycles. The Morgan fingerprint density at radius 2 is 2.20 bits per heavy atom. The third-order valence-corrected chi connectivity index (χ3v) is 4.86. The van der Waals surface area contributed by atoms with Crippen LogP contribution < -0.4 is 5.73 Å². The first-order chi connectivity index (χ1) is 9.63. The highest BCUT2D eigenvalue weighted by Crippen LogP contribution is 2.26. The van der Waals surface area contributed by atoms with Crippen LogP contribution in [-0.2, 0) is 0 Å². The van der Waals surface area contributed by atoms with E-state index >= 15 is 0 Å². The van der Waals surface area contributed by atoms with Crippen molar-refractivity contribution in [2.45, 2.75) is 26.7 Å². The lowest BCUT2D eigenvalue weighted by molar-refractivity contribution is 0.0672. The zero-order chi connectivity index (χ0) is 14.5. The van der Waals surface area contributed by atoms with E-state index in [0.717, 1.165) is 42.3 Å². The number of nitrogens with two attached hydrogens (primary N) is 1. The average Bonchev–Trinajstić information content (AvgIpc) is 2.92. The minimum absolute atomic E-state index is 0.128. The van der Waals surface area contributed by atoms with Gasteiger partial charge in [-0.05, 0) is 36.1 Å². The van der Waals surface area contributed by atoms with Crippen LogP contribution in [0.1, 0.15) is 41.9 Å². The zero-order valence-corrected chi connectivity index (χ0v) is 13.0. The van der Waals surface area contributed by atoms with Crippen molar-refractivity contribution in [3.63, 3.8) is 0 Å². The van der Waals surface area contributed by atoms with E-state index in [1.165, 1.54) is 11.3 Å². The van der Waals surface area contributed by atoms with Crippen molar-refractivity contribution < 1.29 is 4.79 Å². The Balaban J connectivity index is 2.04. The van der Waals surface area contributed by atoms with Gasteiger partial charge in [0.2, 0.25) is 0 Å². The number of piperidine rings is 1. The minimum Gasteiger partial charge on any atom is -0.338 e. The fraction of sp³-hybridized carbons (Fsp3) is 0.562. The molecular formula is C16H22N2OS. The molecule has 2 rings (SSSR count). The van der Waals surface area contributed by atoms with Crippen LogP contribution in [0.5, 0.6) is 0 Å². The van der Waals surface area contributed by atoms with Gasteiger partial charge < -0.3 is 10.6 Å². The predicted molar refractivity (Wildman–Crippen MR) is 83.7 cm³/mol. The van der Waals surface area contributed by atoms with Crippen molar-refractivity contribution in [3.05, 3.63) is 21.9 Å². The Morgan fingerprint density at radius 3 is 2.80 bits per heavy atom. The number of hydrogen-bond donors (Lipinski definition) is 1. The zero-order valence-electron chi connectivity index (χ0n) is 12.2. The van der Waals surface area contributed by atoms with E-state index in [4.69, 9.17) is 5.73 Å². The highest BCUT2D eigenvalue weighted by Gasteiger charge is 2.26. The molecule has 1 aromatic rings. The lowest BCUT2D eigenvalue weighted by atomic mass is 9.86. The van der Waals surface area contributed by atoms with Crippen LogP contribution in [0, 0.1) is 23.7 Å². The average molecular weight is 290 g/mol. The van der Waals surface area contributed by atoms with Crippen LogP contribution in [-0.4, -0.2) is 30.4 Å². The Morgan fingerprint density at radius 1 is 1.50 bits per heavy atom. The summed E-state index contributed by atoms with van der Waals surface area (Å²) < 4.78 is 0. The van der Waals surface area contributed by atoms with Gasteiger partial charge in [0.05, 0.1) is 6.54 Å². The van der Waals surface area contributed by atoms with Gasteiger partial charge >= 0.3 is 0 Å². The van der Waals surface area contributed by atoms with Crippen LogP contribution in [0.3, 0.4) is 0 Å². The van der Waals surface area contributed by atoms with Gasteiger partial charge in [0.25, 0.3) is 5.91 Å². The molecule has 1 saturated heterocycles. The first-order valence-corrected chi connectivity index (χ1v) is 8.07.